The van der Waals surface area contributed by atoms with Gasteiger partial charge in [-0.3, -0.25) is 9.78 Å². The molecule has 2 aromatic heterocycles. The fourth-order valence-corrected chi connectivity index (χ4v) is 5.33. The van der Waals surface area contributed by atoms with Gasteiger partial charge in [0.15, 0.2) is 5.78 Å². The van der Waals surface area contributed by atoms with Gasteiger partial charge in [0.25, 0.3) is 0 Å². The largest absolute Gasteiger partial charge is 0.512 e. The van der Waals surface area contributed by atoms with Gasteiger partial charge < -0.3 is 5.11 Å². The van der Waals surface area contributed by atoms with Crippen LogP contribution >= 0.6 is 11.3 Å². The Bertz CT molecular complexity index is 1320. The molecular formula is C33H38IrNO2S-. The van der Waals surface area contributed by atoms with E-state index in [1.165, 1.54) is 26.8 Å². The van der Waals surface area contributed by atoms with Gasteiger partial charge >= 0.3 is 0 Å². The molecule has 0 aliphatic rings. The van der Waals surface area contributed by atoms with Crippen molar-refractivity contribution >= 4 is 27.3 Å². The predicted molar refractivity (Wildman–Crippen MR) is 158 cm³/mol. The summed E-state index contributed by atoms with van der Waals surface area (Å²) in [5, 5.41) is 9.76. The average molecular weight is 705 g/mol. The van der Waals surface area contributed by atoms with Gasteiger partial charge in [0.1, 0.15) is 0 Å². The second-order valence-electron chi connectivity index (χ2n) is 9.33. The topological polar surface area (TPSA) is 50.2 Å². The number of aliphatic hydroxyl groups excluding tert-OH is 1. The van der Waals surface area contributed by atoms with Crippen molar-refractivity contribution in [3.63, 3.8) is 0 Å². The summed E-state index contributed by atoms with van der Waals surface area (Å²) in [7, 11) is 0. The normalized spacial score (nSPS) is 11.3. The fourth-order valence-electron chi connectivity index (χ4n) is 4.33. The molecule has 0 atom stereocenters. The van der Waals surface area contributed by atoms with E-state index in [0.717, 1.165) is 42.5 Å². The number of aromatic nitrogens is 1. The Morgan fingerprint density at radius 1 is 0.947 bits per heavy atom. The maximum Gasteiger partial charge on any atom is 0.162 e. The maximum absolute atomic E-state index is 11.7. The van der Waals surface area contributed by atoms with E-state index >= 15 is 0 Å². The zero-order valence-corrected chi connectivity index (χ0v) is 26.2. The second kappa shape index (κ2) is 15.7. The van der Waals surface area contributed by atoms with E-state index in [1.54, 1.807) is 11.3 Å². The number of carbonyl (C=O) groups excluding carboxylic acids is 1. The van der Waals surface area contributed by atoms with Crippen LogP contribution in [0.25, 0.3) is 31.9 Å². The number of nitrogens with zero attached hydrogens (tertiary/aromatic N) is 1. The molecule has 3 nitrogen and oxygen atoms in total. The molecular weight excluding hydrogens is 667 g/mol. The minimum absolute atomic E-state index is 0. The van der Waals surface area contributed by atoms with Crippen LogP contribution in [-0.4, -0.2) is 15.9 Å². The molecule has 0 saturated heterocycles. The van der Waals surface area contributed by atoms with Crippen molar-refractivity contribution in [2.24, 2.45) is 11.8 Å². The van der Waals surface area contributed by atoms with Gasteiger partial charge in [-0.15, -0.1) is 46.7 Å². The zero-order chi connectivity index (χ0) is 26.8. The minimum atomic E-state index is 0. The minimum Gasteiger partial charge on any atom is -0.512 e. The van der Waals surface area contributed by atoms with Crippen molar-refractivity contribution in [2.75, 3.05) is 0 Å². The standard InChI is InChI=1S/C20H14NS.C13H24O2.Ir/c1-14-6-5-9-16(12-14)17-10-11-19-18(21-17)13-20(22-19)15-7-3-2-4-8-15;1-5-10(6-2)12(14)9-13(15)11(7-3)8-4;/h2-8,10-13H,1H3;9-11,14H,5-8H2,1-4H3;/q-1;;/b;12-9-;. The Labute approximate surface area is 245 Å². The van der Waals surface area contributed by atoms with Crippen LogP contribution < -0.4 is 0 Å². The van der Waals surface area contributed by atoms with Gasteiger partial charge in [-0.1, -0.05) is 71.0 Å². The summed E-state index contributed by atoms with van der Waals surface area (Å²) in [6.07, 6.45) is 4.91. The van der Waals surface area contributed by atoms with Crippen LogP contribution in [0.5, 0.6) is 0 Å². The molecule has 1 radical (unpaired) electrons. The number of hydrogen-bond donors (Lipinski definition) is 1. The van der Waals surface area contributed by atoms with Crippen molar-refractivity contribution in [1.29, 1.82) is 0 Å². The van der Waals surface area contributed by atoms with Crippen LogP contribution in [0, 0.1) is 24.8 Å². The smallest absolute Gasteiger partial charge is 0.162 e. The van der Waals surface area contributed by atoms with Gasteiger partial charge in [-0.25, -0.2) is 0 Å². The number of pyridine rings is 1. The number of fused-ring (bicyclic) bond motifs is 1. The first-order chi connectivity index (χ1) is 17.9. The number of allylic oxidation sites excluding steroid dienone is 2. The third-order valence-electron chi connectivity index (χ3n) is 6.75. The van der Waals surface area contributed by atoms with E-state index < -0.39 is 0 Å². The molecule has 0 saturated carbocycles. The van der Waals surface area contributed by atoms with Crippen LogP contribution in [0.1, 0.15) is 58.9 Å². The van der Waals surface area contributed by atoms with Gasteiger partial charge in [-0.05, 0) is 49.1 Å². The Balaban J connectivity index is 0.000000282. The molecule has 0 bridgehead atoms. The molecule has 0 fully saturated rings. The SMILES string of the molecule is CCC(CC)C(=O)/C=C(\O)C(CC)CC.Cc1cc[c-]c(-c2ccc3sc(-c4ccccc4)cc3n2)c1.[Ir]. The van der Waals surface area contributed by atoms with Crippen molar-refractivity contribution < 1.29 is 30.0 Å². The summed E-state index contributed by atoms with van der Waals surface area (Å²) < 4.78 is 1.22. The Morgan fingerprint density at radius 2 is 1.61 bits per heavy atom. The van der Waals surface area contributed by atoms with Crippen molar-refractivity contribution in [3.05, 3.63) is 90.2 Å². The molecule has 0 spiro atoms. The van der Waals surface area contributed by atoms with Gasteiger partial charge in [0.2, 0.25) is 0 Å². The predicted octanol–water partition coefficient (Wildman–Crippen LogP) is 9.61. The Kier molecular flexibility index (Phi) is 13.1. The molecule has 5 heteroatoms. The van der Waals surface area contributed by atoms with Crippen molar-refractivity contribution in [2.45, 2.75) is 60.3 Å². The molecule has 4 rings (SSSR count). The number of ketones is 1. The van der Waals surface area contributed by atoms with Crippen LogP contribution in [-0.2, 0) is 24.9 Å². The third kappa shape index (κ3) is 8.46. The second-order valence-corrected chi connectivity index (χ2v) is 10.4. The average Bonchev–Trinajstić information content (AvgIpc) is 3.35. The van der Waals surface area contributed by atoms with Crippen LogP contribution in [0.15, 0.2) is 78.6 Å². The molecule has 4 aromatic rings. The monoisotopic (exact) mass is 705 g/mol. The fraction of sp³-hybridized carbons (Fsp3) is 0.333. The first-order valence-corrected chi connectivity index (χ1v) is 14.1. The quantitative estimate of drug-likeness (QED) is 0.107. The summed E-state index contributed by atoms with van der Waals surface area (Å²) >= 11 is 1.78. The zero-order valence-electron chi connectivity index (χ0n) is 23.0. The number of rotatable bonds is 9. The molecule has 0 aliphatic heterocycles. The number of benzene rings is 2. The maximum atomic E-state index is 11.7. The summed E-state index contributed by atoms with van der Waals surface area (Å²) in [6, 6.07) is 26.3. The molecule has 38 heavy (non-hydrogen) atoms. The van der Waals surface area contributed by atoms with Crippen LogP contribution in [0.4, 0.5) is 0 Å². The van der Waals surface area contributed by atoms with E-state index in [4.69, 9.17) is 4.98 Å². The first kappa shape index (κ1) is 31.6. The molecule has 1 N–H and O–H groups in total. The van der Waals surface area contributed by atoms with Gasteiger partial charge in [-0.2, -0.15) is 0 Å². The summed E-state index contributed by atoms with van der Waals surface area (Å²) in [4.78, 5) is 17.8. The molecule has 0 amide bonds. The van der Waals surface area contributed by atoms with E-state index in [9.17, 15) is 9.90 Å². The van der Waals surface area contributed by atoms with Crippen LogP contribution in [0.2, 0.25) is 0 Å². The van der Waals surface area contributed by atoms with Crippen molar-refractivity contribution in [1.82, 2.24) is 4.98 Å². The Morgan fingerprint density at radius 3 is 2.21 bits per heavy atom. The number of carbonyl (C=O) groups is 1. The third-order valence-corrected chi connectivity index (χ3v) is 7.89. The first-order valence-electron chi connectivity index (χ1n) is 13.3. The van der Waals surface area contributed by atoms with E-state index in [-0.39, 0.29) is 43.5 Å². The van der Waals surface area contributed by atoms with Gasteiger partial charge in [0, 0.05) is 42.9 Å². The molecule has 2 heterocycles. The van der Waals surface area contributed by atoms with E-state index in [2.05, 4.69) is 67.6 Å². The van der Waals surface area contributed by atoms with Crippen molar-refractivity contribution in [3.8, 4) is 21.7 Å². The molecule has 2 aromatic carbocycles. The number of aryl methyl sites for hydroxylation is 1. The number of aliphatic hydroxyl groups is 1. The van der Waals surface area contributed by atoms with E-state index in [1.807, 2.05) is 39.8 Å². The summed E-state index contributed by atoms with van der Waals surface area (Å²) in [5.74, 6) is 0.547. The Hall–Kier alpha value is -2.59. The molecule has 0 unspecified atom stereocenters. The summed E-state index contributed by atoms with van der Waals surface area (Å²) in [5.41, 5.74) is 5.55. The number of thiophene rings is 1. The van der Waals surface area contributed by atoms with Crippen LogP contribution in [0.3, 0.4) is 0 Å². The molecule has 0 aliphatic carbocycles. The van der Waals surface area contributed by atoms with Gasteiger partial charge in [0.05, 0.1) is 16.0 Å². The van der Waals surface area contributed by atoms with E-state index in [0.29, 0.717) is 0 Å². The summed E-state index contributed by atoms with van der Waals surface area (Å²) in [6.45, 7) is 10.2. The number of hydrogen-bond acceptors (Lipinski definition) is 4. The molecule has 203 valence electrons.